The Balaban J connectivity index is 1.12. The molecule has 1 aliphatic carbocycles. The second-order valence-electron chi connectivity index (χ2n) is 15.9. The second-order valence-corrected chi connectivity index (χ2v) is 17.0. The third kappa shape index (κ3) is 4.91. The lowest BCUT2D eigenvalue weighted by Crippen LogP contribution is -2.32. The highest BCUT2D eigenvalue weighted by Gasteiger charge is 2.52. The van der Waals surface area contributed by atoms with Gasteiger partial charge in [0.1, 0.15) is 11.5 Å². The number of hydrogen-bond acceptors (Lipinski definition) is 4. The van der Waals surface area contributed by atoms with Crippen LogP contribution in [0.2, 0.25) is 0 Å². The third-order valence-electron chi connectivity index (χ3n) is 12.8. The molecule has 13 rings (SSSR count). The van der Waals surface area contributed by atoms with Gasteiger partial charge in [0.15, 0.2) is 5.82 Å². The van der Waals surface area contributed by atoms with Gasteiger partial charge in [0.2, 0.25) is 0 Å². The molecular weight excluding hydrogens is 761 g/mol. The fourth-order valence-corrected chi connectivity index (χ4v) is 11.4. The second kappa shape index (κ2) is 13.2. The Bertz CT molecular complexity index is 3570. The van der Waals surface area contributed by atoms with Gasteiger partial charge in [-0.15, -0.1) is 11.3 Å². The van der Waals surface area contributed by atoms with Crippen LogP contribution in [0.4, 0.5) is 0 Å². The molecule has 61 heavy (non-hydrogen) atoms. The average Bonchev–Trinajstić information content (AvgIpc) is 3.85. The SMILES string of the molecule is c1ccc(-c2ccc3c(c2)C2(c4ccccc4O3)c3ccccc3-c3c(-c4nc(-c5cccc6c(-c7ccccc7)cccc56)nc5c4sc4ccccc45)cccc32)cc1. The third-order valence-corrected chi connectivity index (χ3v) is 14.0. The molecule has 0 bridgehead atoms. The van der Waals surface area contributed by atoms with Crippen LogP contribution >= 0.6 is 11.3 Å². The van der Waals surface area contributed by atoms with E-state index in [1.165, 1.54) is 49.0 Å². The molecule has 284 valence electrons. The zero-order valence-corrected chi connectivity index (χ0v) is 33.7. The lowest BCUT2D eigenvalue weighted by Gasteiger charge is -2.39. The summed E-state index contributed by atoms with van der Waals surface area (Å²) in [5.74, 6) is 2.46. The average molecular weight is 795 g/mol. The van der Waals surface area contributed by atoms with Gasteiger partial charge in [0.25, 0.3) is 0 Å². The summed E-state index contributed by atoms with van der Waals surface area (Å²) in [7, 11) is 0. The zero-order chi connectivity index (χ0) is 40.1. The molecule has 4 heteroatoms. The quantitative estimate of drug-likeness (QED) is 0.178. The molecule has 1 atom stereocenters. The molecule has 3 heterocycles. The van der Waals surface area contributed by atoms with Crippen LogP contribution in [-0.2, 0) is 5.41 Å². The van der Waals surface area contributed by atoms with Crippen molar-refractivity contribution in [3.8, 4) is 67.5 Å². The van der Waals surface area contributed by atoms with Crippen molar-refractivity contribution >= 4 is 42.4 Å². The number of fused-ring (bicyclic) bond motifs is 13. The first-order valence-electron chi connectivity index (χ1n) is 20.7. The number of para-hydroxylation sites is 1. The Hall–Kier alpha value is -7.66. The zero-order valence-electron chi connectivity index (χ0n) is 32.8. The summed E-state index contributed by atoms with van der Waals surface area (Å²) in [5, 5.41) is 3.44. The van der Waals surface area contributed by atoms with E-state index in [0.29, 0.717) is 0 Å². The maximum absolute atomic E-state index is 6.81. The molecular formula is C57H34N2OS. The van der Waals surface area contributed by atoms with Crippen LogP contribution in [0, 0.1) is 0 Å². The molecule has 0 saturated carbocycles. The first kappa shape index (κ1) is 34.2. The molecule has 2 aliphatic rings. The van der Waals surface area contributed by atoms with Gasteiger partial charge in [0.05, 0.1) is 21.3 Å². The molecule has 0 saturated heterocycles. The molecule has 9 aromatic carbocycles. The molecule has 0 radical (unpaired) electrons. The molecule has 0 fully saturated rings. The summed E-state index contributed by atoms with van der Waals surface area (Å²) in [6.07, 6.45) is 0. The number of ether oxygens (including phenoxy) is 1. The van der Waals surface area contributed by atoms with Gasteiger partial charge in [-0.2, -0.15) is 0 Å². The van der Waals surface area contributed by atoms with E-state index in [0.717, 1.165) is 71.8 Å². The smallest absolute Gasteiger partial charge is 0.161 e. The topological polar surface area (TPSA) is 35.0 Å². The Kier molecular flexibility index (Phi) is 7.39. The fourth-order valence-electron chi connectivity index (χ4n) is 10.2. The number of aromatic nitrogens is 2. The summed E-state index contributed by atoms with van der Waals surface area (Å²) in [6, 6.07) is 74.1. The van der Waals surface area contributed by atoms with Gasteiger partial charge in [-0.25, -0.2) is 9.97 Å². The first-order valence-corrected chi connectivity index (χ1v) is 21.6. The summed E-state index contributed by atoms with van der Waals surface area (Å²) in [5.41, 5.74) is 15.2. The molecule has 1 spiro atoms. The largest absolute Gasteiger partial charge is 0.457 e. The van der Waals surface area contributed by atoms with Crippen molar-refractivity contribution in [2.45, 2.75) is 5.41 Å². The molecule has 1 unspecified atom stereocenters. The maximum Gasteiger partial charge on any atom is 0.161 e. The van der Waals surface area contributed by atoms with Crippen molar-refractivity contribution in [2.75, 3.05) is 0 Å². The van der Waals surface area contributed by atoms with Crippen LogP contribution in [0.15, 0.2) is 206 Å². The van der Waals surface area contributed by atoms with E-state index < -0.39 is 5.41 Å². The van der Waals surface area contributed by atoms with Crippen LogP contribution in [0.3, 0.4) is 0 Å². The molecule has 11 aromatic rings. The molecule has 0 amide bonds. The predicted molar refractivity (Wildman–Crippen MR) is 252 cm³/mol. The van der Waals surface area contributed by atoms with Gasteiger partial charge in [-0.3, -0.25) is 0 Å². The Labute approximate surface area is 356 Å². The number of nitrogens with zero attached hydrogens (tertiary/aromatic N) is 2. The van der Waals surface area contributed by atoms with Crippen LogP contribution < -0.4 is 4.74 Å². The summed E-state index contributed by atoms with van der Waals surface area (Å²) in [6.45, 7) is 0. The number of benzene rings is 9. The van der Waals surface area contributed by atoms with Crippen LogP contribution in [0.5, 0.6) is 11.5 Å². The van der Waals surface area contributed by atoms with Gasteiger partial charge >= 0.3 is 0 Å². The minimum Gasteiger partial charge on any atom is -0.457 e. The lowest BCUT2D eigenvalue weighted by atomic mass is 9.65. The maximum atomic E-state index is 6.81. The molecule has 0 N–H and O–H groups in total. The van der Waals surface area contributed by atoms with E-state index in [1.807, 2.05) is 0 Å². The Morgan fingerprint density at radius 2 is 1.00 bits per heavy atom. The molecule has 1 aliphatic heterocycles. The summed E-state index contributed by atoms with van der Waals surface area (Å²) in [4.78, 5) is 11.2. The Morgan fingerprint density at radius 1 is 0.393 bits per heavy atom. The van der Waals surface area contributed by atoms with E-state index in [4.69, 9.17) is 14.7 Å². The van der Waals surface area contributed by atoms with Crippen molar-refractivity contribution in [2.24, 2.45) is 0 Å². The molecule has 2 aromatic heterocycles. The predicted octanol–water partition coefficient (Wildman–Crippen LogP) is 15.1. The van der Waals surface area contributed by atoms with E-state index in [9.17, 15) is 0 Å². The molecule has 3 nitrogen and oxygen atoms in total. The lowest BCUT2D eigenvalue weighted by molar-refractivity contribution is 0.436. The van der Waals surface area contributed by atoms with Crippen molar-refractivity contribution < 1.29 is 4.74 Å². The van der Waals surface area contributed by atoms with Gasteiger partial charge in [-0.05, 0) is 79.5 Å². The van der Waals surface area contributed by atoms with Gasteiger partial charge in [-0.1, -0.05) is 182 Å². The number of thiophene rings is 1. The minimum absolute atomic E-state index is 0.643. The van der Waals surface area contributed by atoms with Gasteiger partial charge < -0.3 is 4.74 Å². The van der Waals surface area contributed by atoms with Crippen molar-refractivity contribution in [1.82, 2.24) is 9.97 Å². The number of rotatable bonds is 4. The number of hydrogen-bond donors (Lipinski definition) is 0. The van der Waals surface area contributed by atoms with Crippen LogP contribution in [0.1, 0.15) is 22.3 Å². The first-order chi connectivity index (χ1) is 30.3. The highest BCUT2D eigenvalue weighted by Crippen LogP contribution is 2.64. The van der Waals surface area contributed by atoms with Crippen LogP contribution in [0.25, 0.3) is 87.1 Å². The van der Waals surface area contributed by atoms with Crippen molar-refractivity contribution in [1.29, 1.82) is 0 Å². The van der Waals surface area contributed by atoms with Crippen molar-refractivity contribution in [3.63, 3.8) is 0 Å². The normalized spacial score (nSPS) is 14.8. The minimum atomic E-state index is -0.643. The van der Waals surface area contributed by atoms with Gasteiger partial charge in [0, 0.05) is 32.3 Å². The van der Waals surface area contributed by atoms with Crippen LogP contribution in [-0.4, -0.2) is 9.97 Å². The fraction of sp³-hybridized carbons (Fsp3) is 0.0175. The van der Waals surface area contributed by atoms with E-state index in [-0.39, 0.29) is 0 Å². The highest BCUT2D eigenvalue weighted by atomic mass is 32.1. The van der Waals surface area contributed by atoms with E-state index in [2.05, 4.69) is 206 Å². The summed E-state index contributed by atoms with van der Waals surface area (Å²) < 4.78 is 9.09. The Morgan fingerprint density at radius 3 is 1.85 bits per heavy atom. The van der Waals surface area contributed by atoms with E-state index in [1.54, 1.807) is 11.3 Å². The summed E-state index contributed by atoms with van der Waals surface area (Å²) >= 11 is 1.78. The van der Waals surface area contributed by atoms with E-state index >= 15 is 0 Å². The monoisotopic (exact) mass is 794 g/mol. The van der Waals surface area contributed by atoms with Crippen molar-refractivity contribution in [3.05, 3.63) is 229 Å². The highest BCUT2D eigenvalue weighted by molar-refractivity contribution is 7.26. The standard InChI is InChI=1S/C57H34N2OS/c1-3-16-35(17-4-1)37-32-33-50-48(34-37)57(46-28-10-11-30-49(46)60-50)45-27-9-7-20-42(45)52-44(26-15-29-47(52)57)54-55-53(43-21-8-12-31-51(43)61-55)58-56(59-54)41-25-14-23-39-38(22-13-24-40(39)41)36-18-5-2-6-19-36/h1-34H.